The van der Waals surface area contributed by atoms with Crippen molar-refractivity contribution in [2.75, 3.05) is 0 Å². The standard InChI is InChI=1S/C11H11N3O3/c1-6(2)10-11(15)13-9-5-7(14(16)17)3-4-8(9)12-10/h3-6H,1-2H3,(H,13,15). The number of nitrogens with zero attached hydrogens (tertiary/aromatic N) is 2. The maximum Gasteiger partial charge on any atom is 0.271 e. The van der Waals surface area contributed by atoms with Gasteiger partial charge in [-0.15, -0.1) is 0 Å². The number of hydrogen-bond acceptors (Lipinski definition) is 4. The van der Waals surface area contributed by atoms with Crippen LogP contribution >= 0.6 is 0 Å². The Hall–Kier alpha value is -2.24. The van der Waals surface area contributed by atoms with Crippen LogP contribution in [0.25, 0.3) is 11.0 Å². The number of rotatable bonds is 2. The first-order valence-electron chi connectivity index (χ1n) is 5.17. The summed E-state index contributed by atoms with van der Waals surface area (Å²) in [5.74, 6) is 0.0124. The highest BCUT2D eigenvalue weighted by Gasteiger charge is 2.11. The van der Waals surface area contributed by atoms with E-state index in [2.05, 4.69) is 9.97 Å². The first kappa shape index (κ1) is 11.3. The molecule has 0 aliphatic rings. The van der Waals surface area contributed by atoms with E-state index >= 15 is 0 Å². The third-order valence-corrected chi connectivity index (χ3v) is 2.46. The molecule has 0 amide bonds. The van der Waals surface area contributed by atoms with Crippen LogP contribution in [0.4, 0.5) is 5.69 Å². The molecule has 0 radical (unpaired) electrons. The number of aromatic amines is 1. The van der Waals surface area contributed by atoms with Crippen molar-refractivity contribution in [2.24, 2.45) is 0 Å². The van der Waals surface area contributed by atoms with E-state index < -0.39 is 4.92 Å². The molecule has 6 heteroatoms. The van der Waals surface area contributed by atoms with E-state index in [1.165, 1.54) is 18.2 Å². The number of fused-ring (bicyclic) bond motifs is 1. The van der Waals surface area contributed by atoms with Gasteiger partial charge < -0.3 is 4.98 Å². The first-order chi connectivity index (χ1) is 7.99. The van der Waals surface area contributed by atoms with Crippen molar-refractivity contribution in [1.82, 2.24) is 9.97 Å². The Balaban J connectivity index is 2.70. The second kappa shape index (κ2) is 3.97. The van der Waals surface area contributed by atoms with Crippen molar-refractivity contribution in [3.8, 4) is 0 Å². The van der Waals surface area contributed by atoms with Crippen molar-refractivity contribution in [3.63, 3.8) is 0 Å². The van der Waals surface area contributed by atoms with Crippen LogP contribution in [0.5, 0.6) is 0 Å². The maximum atomic E-state index is 11.7. The summed E-state index contributed by atoms with van der Waals surface area (Å²) < 4.78 is 0. The lowest BCUT2D eigenvalue weighted by Crippen LogP contribution is -2.16. The molecule has 2 aromatic rings. The molecule has 0 spiro atoms. The molecule has 0 atom stereocenters. The molecule has 1 aromatic heterocycles. The Morgan fingerprint density at radius 3 is 2.71 bits per heavy atom. The summed E-state index contributed by atoms with van der Waals surface area (Å²) in [6.45, 7) is 3.74. The van der Waals surface area contributed by atoms with Crippen molar-refractivity contribution >= 4 is 16.7 Å². The summed E-state index contributed by atoms with van der Waals surface area (Å²) in [7, 11) is 0. The van der Waals surface area contributed by atoms with Gasteiger partial charge in [0.25, 0.3) is 11.2 Å². The molecule has 0 saturated carbocycles. The maximum absolute atomic E-state index is 11.7. The minimum absolute atomic E-state index is 0.0124. The van der Waals surface area contributed by atoms with Crippen LogP contribution in [0.15, 0.2) is 23.0 Å². The quantitative estimate of drug-likeness (QED) is 0.634. The summed E-state index contributed by atoms with van der Waals surface area (Å²) in [5, 5.41) is 10.6. The van der Waals surface area contributed by atoms with Gasteiger partial charge in [0.15, 0.2) is 0 Å². The predicted molar refractivity (Wildman–Crippen MR) is 63.1 cm³/mol. The smallest absolute Gasteiger partial charge is 0.271 e. The summed E-state index contributed by atoms with van der Waals surface area (Å²) in [6.07, 6.45) is 0. The number of H-pyrrole nitrogens is 1. The van der Waals surface area contributed by atoms with E-state index in [0.717, 1.165) is 0 Å². The topological polar surface area (TPSA) is 88.9 Å². The first-order valence-corrected chi connectivity index (χ1v) is 5.17. The van der Waals surface area contributed by atoms with Crippen LogP contribution in [0.2, 0.25) is 0 Å². The fourth-order valence-corrected chi connectivity index (χ4v) is 1.59. The minimum atomic E-state index is -0.506. The second-order valence-corrected chi connectivity index (χ2v) is 4.06. The van der Waals surface area contributed by atoms with Crippen molar-refractivity contribution in [2.45, 2.75) is 19.8 Å². The van der Waals surface area contributed by atoms with Gasteiger partial charge in [-0.25, -0.2) is 4.98 Å². The van der Waals surface area contributed by atoms with Crippen LogP contribution in [-0.4, -0.2) is 14.9 Å². The van der Waals surface area contributed by atoms with E-state index in [0.29, 0.717) is 16.7 Å². The van der Waals surface area contributed by atoms with E-state index in [1.807, 2.05) is 13.8 Å². The van der Waals surface area contributed by atoms with Gasteiger partial charge in [-0.2, -0.15) is 0 Å². The molecule has 0 aliphatic carbocycles. The zero-order chi connectivity index (χ0) is 12.6. The number of nitrogens with one attached hydrogen (secondary N) is 1. The van der Waals surface area contributed by atoms with Crippen LogP contribution in [0.3, 0.4) is 0 Å². The van der Waals surface area contributed by atoms with Crippen LogP contribution in [-0.2, 0) is 0 Å². The Bertz CT molecular complexity index is 646. The van der Waals surface area contributed by atoms with Crippen LogP contribution < -0.4 is 5.56 Å². The van der Waals surface area contributed by atoms with Crippen LogP contribution in [0.1, 0.15) is 25.5 Å². The molecule has 17 heavy (non-hydrogen) atoms. The van der Waals surface area contributed by atoms with Gasteiger partial charge in [0.2, 0.25) is 0 Å². The van der Waals surface area contributed by atoms with Gasteiger partial charge in [0.05, 0.1) is 16.0 Å². The molecule has 6 nitrogen and oxygen atoms in total. The molecule has 1 aromatic carbocycles. The average molecular weight is 233 g/mol. The SMILES string of the molecule is CC(C)c1nc2ccc([N+](=O)[O-])cc2[nH]c1=O. The molecule has 0 saturated heterocycles. The third-order valence-electron chi connectivity index (χ3n) is 2.46. The highest BCUT2D eigenvalue weighted by atomic mass is 16.6. The van der Waals surface area contributed by atoms with Gasteiger partial charge in [-0.05, 0) is 6.07 Å². The highest BCUT2D eigenvalue weighted by Crippen LogP contribution is 2.18. The number of nitro benzene ring substituents is 1. The Labute approximate surface area is 96.5 Å². The number of non-ortho nitro benzene ring substituents is 1. The van der Waals surface area contributed by atoms with Gasteiger partial charge in [0, 0.05) is 18.1 Å². The molecule has 0 unspecified atom stereocenters. The molecule has 0 fully saturated rings. The van der Waals surface area contributed by atoms with E-state index in [4.69, 9.17) is 0 Å². The number of nitro groups is 1. The Kier molecular flexibility index (Phi) is 2.63. The predicted octanol–water partition coefficient (Wildman–Crippen LogP) is 1.95. The van der Waals surface area contributed by atoms with E-state index in [9.17, 15) is 14.9 Å². The summed E-state index contributed by atoms with van der Waals surface area (Å²) in [5.41, 5.74) is 1.01. The third kappa shape index (κ3) is 2.01. The van der Waals surface area contributed by atoms with Crippen molar-refractivity contribution < 1.29 is 4.92 Å². The fraction of sp³-hybridized carbons (Fsp3) is 0.273. The fourth-order valence-electron chi connectivity index (χ4n) is 1.59. The van der Waals surface area contributed by atoms with Crippen molar-refractivity contribution in [3.05, 3.63) is 44.4 Å². The van der Waals surface area contributed by atoms with Gasteiger partial charge >= 0.3 is 0 Å². The van der Waals surface area contributed by atoms with E-state index in [-0.39, 0.29) is 17.2 Å². The highest BCUT2D eigenvalue weighted by molar-refractivity contribution is 5.76. The zero-order valence-corrected chi connectivity index (χ0v) is 9.43. The number of hydrogen-bond donors (Lipinski definition) is 1. The molecule has 1 heterocycles. The normalized spacial score (nSPS) is 11.0. The minimum Gasteiger partial charge on any atom is -0.319 e. The average Bonchev–Trinajstić information content (AvgIpc) is 2.26. The van der Waals surface area contributed by atoms with Gasteiger partial charge in [-0.3, -0.25) is 14.9 Å². The molecule has 1 N–H and O–H groups in total. The molecule has 0 bridgehead atoms. The second-order valence-electron chi connectivity index (χ2n) is 4.06. The Morgan fingerprint density at radius 2 is 2.12 bits per heavy atom. The summed E-state index contributed by atoms with van der Waals surface area (Å²) >= 11 is 0. The molecular weight excluding hydrogens is 222 g/mol. The molecule has 2 rings (SSSR count). The number of aromatic nitrogens is 2. The summed E-state index contributed by atoms with van der Waals surface area (Å²) in [4.78, 5) is 28.6. The molecule has 0 aliphatic heterocycles. The molecular formula is C11H11N3O3. The monoisotopic (exact) mass is 233 g/mol. The van der Waals surface area contributed by atoms with Crippen LogP contribution in [0, 0.1) is 10.1 Å². The van der Waals surface area contributed by atoms with Gasteiger partial charge in [-0.1, -0.05) is 13.8 Å². The zero-order valence-electron chi connectivity index (χ0n) is 9.43. The number of benzene rings is 1. The lowest BCUT2D eigenvalue weighted by Gasteiger charge is -2.04. The van der Waals surface area contributed by atoms with Crippen molar-refractivity contribution in [1.29, 1.82) is 0 Å². The lowest BCUT2D eigenvalue weighted by molar-refractivity contribution is -0.384. The summed E-state index contributed by atoms with van der Waals surface area (Å²) in [6, 6.07) is 4.22. The Morgan fingerprint density at radius 1 is 1.41 bits per heavy atom. The van der Waals surface area contributed by atoms with Gasteiger partial charge in [0.1, 0.15) is 5.69 Å². The molecule has 88 valence electrons. The largest absolute Gasteiger partial charge is 0.319 e. The van der Waals surface area contributed by atoms with E-state index in [1.54, 1.807) is 0 Å². The lowest BCUT2D eigenvalue weighted by atomic mass is 10.1.